The molecule has 20 heavy (non-hydrogen) atoms. The molecule has 0 amide bonds. The van der Waals surface area contributed by atoms with Crippen LogP contribution in [0.3, 0.4) is 0 Å². The molecule has 2 N–H and O–H groups in total. The van der Waals surface area contributed by atoms with Crippen LogP contribution in [-0.2, 0) is 6.42 Å². The average molecular weight is 284 g/mol. The van der Waals surface area contributed by atoms with Crippen molar-refractivity contribution in [1.82, 2.24) is 9.97 Å². The van der Waals surface area contributed by atoms with Crippen molar-refractivity contribution in [2.45, 2.75) is 6.42 Å². The van der Waals surface area contributed by atoms with Gasteiger partial charge in [-0.3, -0.25) is 4.98 Å². The van der Waals surface area contributed by atoms with Gasteiger partial charge >= 0.3 is 0 Å². The number of pyridine rings is 1. The monoisotopic (exact) mass is 284 g/mol. The predicted molar refractivity (Wildman–Crippen MR) is 85.2 cm³/mol. The largest absolute Gasteiger partial charge is 0.399 e. The molecule has 0 radical (unpaired) electrons. The lowest BCUT2D eigenvalue weighted by Gasteiger charge is -2.14. The Morgan fingerprint density at radius 1 is 1.25 bits per heavy atom. The fraction of sp³-hybridized carbons (Fsp3) is 0.200. The summed E-state index contributed by atoms with van der Waals surface area (Å²) in [5.41, 5.74) is 8.69. The third-order valence-electron chi connectivity index (χ3n) is 3.16. The van der Waals surface area contributed by atoms with Gasteiger partial charge in [0, 0.05) is 37.6 Å². The summed E-state index contributed by atoms with van der Waals surface area (Å²) in [5, 5.41) is 1.02. The highest BCUT2D eigenvalue weighted by Gasteiger charge is 2.08. The zero-order valence-electron chi connectivity index (χ0n) is 11.3. The van der Waals surface area contributed by atoms with Gasteiger partial charge in [0.05, 0.1) is 10.2 Å². The Labute approximate surface area is 121 Å². The van der Waals surface area contributed by atoms with Gasteiger partial charge in [0.1, 0.15) is 0 Å². The van der Waals surface area contributed by atoms with E-state index in [4.69, 9.17) is 5.73 Å². The van der Waals surface area contributed by atoms with E-state index >= 15 is 0 Å². The van der Waals surface area contributed by atoms with Crippen LogP contribution < -0.4 is 10.6 Å². The zero-order valence-corrected chi connectivity index (χ0v) is 12.1. The minimum atomic E-state index is 0.781. The Kier molecular flexibility index (Phi) is 3.52. The van der Waals surface area contributed by atoms with E-state index in [0.717, 1.165) is 39.7 Å². The molecule has 3 aromatic rings. The lowest BCUT2D eigenvalue weighted by Crippen LogP contribution is -2.20. The maximum absolute atomic E-state index is 5.80. The topological polar surface area (TPSA) is 55.0 Å². The lowest BCUT2D eigenvalue weighted by atomic mass is 10.2. The van der Waals surface area contributed by atoms with Gasteiger partial charge < -0.3 is 10.6 Å². The fourth-order valence-electron chi connectivity index (χ4n) is 2.02. The molecule has 0 aliphatic rings. The summed E-state index contributed by atoms with van der Waals surface area (Å²) in [4.78, 5) is 11.1. The number of anilines is 2. The van der Waals surface area contributed by atoms with Crippen molar-refractivity contribution in [3.05, 3.63) is 48.3 Å². The second-order valence-electron chi connectivity index (χ2n) is 4.72. The van der Waals surface area contributed by atoms with Crippen molar-refractivity contribution in [1.29, 1.82) is 0 Å². The molecule has 0 saturated carbocycles. The molecule has 4 nitrogen and oxygen atoms in total. The van der Waals surface area contributed by atoms with E-state index in [9.17, 15) is 0 Å². The van der Waals surface area contributed by atoms with Crippen molar-refractivity contribution in [3.8, 4) is 0 Å². The number of thiazole rings is 1. The number of hydrogen-bond donors (Lipinski definition) is 1. The highest BCUT2D eigenvalue weighted by Crippen LogP contribution is 2.29. The van der Waals surface area contributed by atoms with Gasteiger partial charge in [-0.15, -0.1) is 0 Å². The van der Waals surface area contributed by atoms with Gasteiger partial charge in [-0.05, 0) is 30.3 Å². The maximum atomic E-state index is 5.80. The van der Waals surface area contributed by atoms with E-state index in [1.807, 2.05) is 42.6 Å². The summed E-state index contributed by atoms with van der Waals surface area (Å²) in [6, 6.07) is 11.8. The molecule has 0 atom stereocenters. The molecule has 1 aromatic carbocycles. The zero-order chi connectivity index (χ0) is 13.9. The van der Waals surface area contributed by atoms with Crippen LogP contribution in [0.2, 0.25) is 0 Å². The van der Waals surface area contributed by atoms with Crippen LogP contribution in [0.5, 0.6) is 0 Å². The minimum Gasteiger partial charge on any atom is -0.399 e. The fourth-order valence-corrected chi connectivity index (χ4v) is 3.02. The van der Waals surface area contributed by atoms with E-state index in [-0.39, 0.29) is 0 Å². The summed E-state index contributed by atoms with van der Waals surface area (Å²) >= 11 is 1.67. The third kappa shape index (κ3) is 2.72. The van der Waals surface area contributed by atoms with Crippen LogP contribution in [0.4, 0.5) is 10.8 Å². The van der Waals surface area contributed by atoms with E-state index in [1.165, 1.54) is 0 Å². The molecular formula is C15H16N4S. The van der Waals surface area contributed by atoms with Crippen LogP contribution in [0, 0.1) is 0 Å². The molecule has 0 fully saturated rings. The molecule has 2 heterocycles. The van der Waals surface area contributed by atoms with Crippen molar-refractivity contribution in [2.24, 2.45) is 0 Å². The maximum Gasteiger partial charge on any atom is 0.186 e. The first kappa shape index (κ1) is 12.9. The first-order valence-corrected chi connectivity index (χ1v) is 7.31. The van der Waals surface area contributed by atoms with Gasteiger partial charge in [-0.2, -0.15) is 0 Å². The molecule has 0 aliphatic heterocycles. The Hall–Kier alpha value is -2.14. The molecule has 2 aromatic heterocycles. The Balaban J connectivity index is 1.73. The molecule has 3 rings (SSSR count). The van der Waals surface area contributed by atoms with Gasteiger partial charge in [-0.25, -0.2) is 4.98 Å². The van der Waals surface area contributed by atoms with Gasteiger partial charge in [0.15, 0.2) is 5.13 Å². The Morgan fingerprint density at radius 3 is 2.95 bits per heavy atom. The van der Waals surface area contributed by atoms with Crippen LogP contribution in [0.15, 0.2) is 42.6 Å². The number of rotatable bonds is 4. The quantitative estimate of drug-likeness (QED) is 0.748. The molecular weight excluding hydrogens is 268 g/mol. The summed E-state index contributed by atoms with van der Waals surface area (Å²) < 4.78 is 1.13. The molecule has 0 saturated heterocycles. The molecule has 102 valence electrons. The van der Waals surface area contributed by atoms with Crippen molar-refractivity contribution in [2.75, 3.05) is 24.2 Å². The number of fused-ring (bicyclic) bond motifs is 1. The van der Waals surface area contributed by atoms with Crippen molar-refractivity contribution >= 4 is 32.4 Å². The first-order valence-electron chi connectivity index (χ1n) is 6.49. The van der Waals surface area contributed by atoms with Crippen LogP contribution in [0.25, 0.3) is 10.2 Å². The number of benzene rings is 1. The minimum absolute atomic E-state index is 0.781. The Bertz CT molecular complexity index is 708. The second-order valence-corrected chi connectivity index (χ2v) is 5.73. The van der Waals surface area contributed by atoms with Crippen LogP contribution in [0.1, 0.15) is 5.69 Å². The van der Waals surface area contributed by atoms with Gasteiger partial charge in [0.2, 0.25) is 0 Å². The highest BCUT2D eigenvalue weighted by molar-refractivity contribution is 7.22. The molecule has 0 spiro atoms. The lowest BCUT2D eigenvalue weighted by molar-refractivity contribution is 0.850. The van der Waals surface area contributed by atoms with E-state index in [2.05, 4.69) is 21.9 Å². The van der Waals surface area contributed by atoms with Gasteiger partial charge in [-0.1, -0.05) is 17.4 Å². The molecule has 0 aliphatic carbocycles. The molecule has 0 bridgehead atoms. The normalized spacial score (nSPS) is 10.8. The van der Waals surface area contributed by atoms with Crippen molar-refractivity contribution in [3.63, 3.8) is 0 Å². The number of nitrogens with zero attached hydrogens (tertiary/aromatic N) is 3. The smallest absolute Gasteiger partial charge is 0.186 e. The van der Waals surface area contributed by atoms with Crippen molar-refractivity contribution < 1.29 is 0 Å². The summed E-state index contributed by atoms with van der Waals surface area (Å²) in [5.74, 6) is 0. The van der Waals surface area contributed by atoms with E-state index in [1.54, 1.807) is 11.3 Å². The van der Waals surface area contributed by atoms with Crippen LogP contribution >= 0.6 is 11.3 Å². The van der Waals surface area contributed by atoms with E-state index in [0.29, 0.717) is 0 Å². The van der Waals surface area contributed by atoms with E-state index < -0.39 is 0 Å². The highest BCUT2D eigenvalue weighted by atomic mass is 32.1. The number of nitrogens with two attached hydrogens (primary N) is 1. The summed E-state index contributed by atoms with van der Waals surface area (Å²) in [7, 11) is 2.06. The average Bonchev–Trinajstić information content (AvgIpc) is 2.89. The second kappa shape index (κ2) is 5.46. The standard InChI is InChI=1S/C15H16N4S/c1-19(9-7-12-4-2-3-8-17-12)15-18-13-6-5-11(16)10-14(13)20-15/h2-6,8,10H,7,9,16H2,1H3. The Morgan fingerprint density at radius 2 is 2.15 bits per heavy atom. The van der Waals surface area contributed by atoms with Gasteiger partial charge in [0.25, 0.3) is 0 Å². The molecule has 5 heteroatoms. The number of aromatic nitrogens is 2. The van der Waals surface area contributed by atoms with Crippen LogP contribution in [-0.4, -0.2) is 23.6 Å². The third-order valence-corrected chi connectivity index (χ3v) is 4.29. The number of nitrogen functional groups attached to an aromatic ring is 1. The summed E-state index contributed by atoms with van der Waals surface area (Å²) in [6.07, 6.45) is 2.74. The first-order chi connectivity index (χ1) is 9.72. The number of likely N-dealkylation sites (N-methyl/N-ethyl adjacent to an activating group) is 1. The summed E-state index contributed by atoms with van der Waals surface area (Å²) in [6.45, 7) is 0.895. The number of hydrogen-bond acceptors (Lipinski definition) is 5. The SMILES string of the molecule is CN(CCc1ccccn1)c1nc2ccc(N)cc2s1. The molecule has 0 unspecified atom stereocenters. The predicted octanol–water partition coefficient (Wildman–Crippen LogP) is 2.95.